The number of carbonyl (C=O) groups is 1. The van der Waals surface area contributed by atoms with Gasteiger partial charge in [0.1, 0.15) is 11.2 Å². The van der Waals surface area contributed by atoms with E-state index in [1.165, 1.54) is 0 Å². The van der Waals surface area contributed by atoms with Crippen molar-refractivity contribution in [3.8, 4) is 0 Å². The monoisotopic (exact) mass is 316 g/mol. The normalized spacial score (nSPS) is 21.3. The lowest BCUT2D eigenvalue weighted by Gasteiger charge is -2.28. The second-order valence-corrected chi connectivity index (χ2v) is 5.84. The quantitative estimate of drug-likeness (QED) is 0.877. The lowest BCUT2D eigenvalue weighted by Crippen LogP contribution is -2.26. The molecule has 0 atom stereocenters. The van der Waals surface area contributed by atoms with E-state index < -0.39 is 5.97 Å². The van der Waals surface area contributed by atoms with Crippen LogP contribution in [-0.2, 0) is 4.74 Å². The molecule has 1 fully saturated rings. The Balaban J connectivity index is 2.14. The molecular formula is C17H20N2O4. The van der Waals surface area contributed by atoms with E-state index in [1.54, 1.807) is 31.5 Å². The molecule has 6 nitrogen and oxygen atoms in total. The highest BCUT2D eigenvalue weighted by Gasteiger charge is 2.24. The molecule has 0 bridgehead atoms. The van der Waals surface area contributed by atoms with E-state index in [4.69, 9.17) is 4.74 Å². The Morgan fingerprint density at radius 3 is 2.83 bits per heavy atom. The summed E-state index contributed by atoms with van der Waals surface area (Å²) >= 11 is 0. The summed E-state index contributed by atoms with van der Waals surface area (Å²) in [6.07, 6.45) is 5.93. The summed E-state index contributed by atoms with van der Waals surface area (Å²) in [5.74, 6) is -0.604. The number of ether oxygens (including phenoxy) is 1. The fourth-order valence-electron chi connectivity index (χ4n) is 3.15. The van der Waals surface area contributed by atoms with Crippen LogP contribution in [0, 0.1) is 0 Å². The smallest absolute Gasteiger partial charge is 0.343 e. The molecule has 6 heteroatoms. The van der Waals surface area contributed by atoms with Crippen molar-refractivity contribution in [2.75, 3.05) is 6.61 Å². The van der Waals surface area contributed by atoms with Crippen molar-refractivity contribution in [2.24, 2.45) is 0 Å². The third kappa shape index (κ3) is 2.99. The predicted molar refractivity (Wildman–Crippen MR) is 85.5 cm³/mol. The summed E-state index contributed by atoms with van der Waals surface area (Å²) in [7, 11) is 0. The SMILES string of the molecule is CCOC(=O)c1cn(C2CCC(O)CC2)c2ncccc2c1=O. The molecule has 0 radical (unpaired) electrons. The number of esters is 1. The average Bonchev–Trinajstić information content (AvgIpc) is 2.57. The van der Waals surface area contributed by atoms with Crippen LogP contribution < -0.4 is 5.43 Å². The molecule has 23 heavy (non-hydrogen) atoms. The van der Waals surface area contributed by atoms with Gasteiger partial charge in [-0.3, -0.25) is 4.79 Å². The van der Waals surface area contributed by atoms with Gasteiger partial charge in [-0.15, -0.1) is 0 Å². The molecule has 2 aromatic rings. The van der Waals surface area contributed by atoms with Crippen LogP contribution in [0.25, 0.3) is 11.0 Å². The number of pyridine rings is 2. The zero-order valence-corrected chi connectivity index (χ0v) is 13.1. The van der Waals surface area contributed by atoms with Crippen molar-refractivity contribution < 1.29 is 14.6 Å². The van der Waals surface area contributed by atoms with E-state index in [0.29, 0.717) is 23.9 Å². The number of aliphatic hydroxyl groups is 1. The third-order valence-electron chi connectivity index (χ3n) is 4.34. The van der Waals surface area contributed by atoms with Crippen LogP contribution in [0.15, 0.2) is 29.3 Å². The van der Waals surface area contributed by atoms with Crippen LogP contribution >= 0.6 is 0 Å². The number of hydrogen-bond acceptors (Lipinski definition) is 5. The highest BCUT2D eigenvalue weighted by molar-refractivity contribution is 5.93. The maximum atomic E-state index is 12.5. The van der Waals surface area contributed by atoms with Crippen LogP contribution in [0.4, 0.5) is 0 Å². The molecule has 1 N–H and O–H groups in total. The van der Waals surface area contributed by atoms with Crippen molar-refractivity contribution in [3.63, 3.8) is 0 Å². The Morgan fingerprint density at radius 2 is 2.13 bits per heavy atom. The van der Waals surface area contributed by atoms with Crippen LogP contribution in [0.5, 0.6) is 0 Å². The maximum absolute atomic E-state index is 12.5. The van der Waals surface area contributed by atoms with E-state index in [0.717, 1.165) is 12.8 Å². The second kappa shape index (κ2) is 6.50. The van der Waals surface area contributed by atoms with Crippen molar-refractivity contribution in [3.05, 3.63) is 40.3 Å². The standard InChI is InChI=1S/C17H20N2O4/c1-2-23-17(22)14-10-19(11-5-7-12(20)8-6-11)16-13(15(14)21)4-3-9-18-16/h3-4,9-12,20H,2,5-8H2,1H3. The molecule has 1 aliphatic carbocycles. The molecule has 122 valence electrons. The lowest BCUT2D eigenvalue weighted by molar-refractivity contribution is 0.0523. The number of carbonyl (C=O) groups excluding carboxylic acids is 1. The molecule has 2 heterocycles. The van der Waals surface area contributed by atoms with Crippen LogP contribution in [-0.4, -0.2) is 33.3 Å². The largest absolute Gasteiger partial charge is 0.462 e. The van der Waals surface area contributed by atoms with E-state index in [9.17, 15) is 14.7 Å². The van der Waals surface area contributed by atoms with Crippen molar-refractivity contribution in [1.82, 2.24) is 9.55 Å². The molecule has 0 unspecified atom stereocenters. The zero-order valence-electron chi connectivity index (χ0n) is 13.1. The summed E-state index contributed by atoms with van der Waals surface area (Å²) in [6, 6.07) is 3.49. The number of rotatable bonds is 3. The first-order chi connectivity index (χ1) is 11.1. The summed E-state index contributed by atoms with van der Waals surface area (Å²) in [4.78, 5) is 29.0. The van der Waals surface area contributed by atoms with E-state index in [-0.39, 0.29) is 29.7 Å². The first kappa shape index (κ1) is 15.7. The maximum Gasteiger partial charge on any atom is 0.343 e. The minimum Gasteiger partial charge on any atom is -0.462 e. The predicted octanol–water partition coefficient (Wildman–Crippen LogP) is 2.05. The number of aliphatic hydroxyl groups excluding tert-OH is 1. The molecule has 0 amide bonds. The molecule has 0 aliphatic heterocycles. The minimum absolute atomic E-state index is 0.0403. The summed E-state index contributed by atoms with van der Waals surface area (Å²) in [5.41, 5.74) is 0.268. The van der Waals surface area contributed by atoms with Gasteiger partial charge >= 0.3 is 5.97 Å². The molecule has 3 rings (SSSR count). The average molecular weight is 316 g/mol. The Kier molecular flexibility index (Phi) is 4.43. The first-order valence-electron chi connectivity index (χ1n) is 7.97. The molecule has 1 saturated carbocycles. The van der Waals surface area contributed by atoms with Crippen molar-refractivity contribution in [2.45, 2.75) is 44.8 Å². The van der Waals surface area contributed by atoms with Gasteiger partial charge in [0.15, 0.2) is 0 Å². The molecular weight excluding hydrogens is 296 g/mol. The topological polar surface area (TPSA) is 81.4 Å². The lowest BCUT2D eigenvalue weighted by atomic mass is 9.92. The number of nitrogens with zero attached hydrogens (tertiary/aromatic N) is 2. The van der Waals surface area contributed by atoms with Gasteiger partial charge in [-0.25, -0.2) is 9.78 Å². The van der Waals surface area contributed by atoms with Gasteiger partial charge in [0.2, 0.25) is 5.43 Å². The minimum atomic E-state index is -0.604. The van der Waals surface area contributed by atoms with Crippen molar-refractivity contribution in [1.29, 1.82) is 0 Å². The van der Waals surface area contributed by atoms with Crippen LogP contribution in [0.3, 0.4) is 0 Å². The molecule has 0 spiro atoms. The molecule has 1 aliphatic rings. The van der Waals surface area contributed by atoms with E-state index in [1.807, 2.05) is 4.57 Å². The Bertz CT molecular complexity index is 776. The van der Waals surface area contributed by atoms with Crippen LogP contribution in [0.2, 0.25) is 0 Å². The fraction of sp³-hybridized carbons (Fsp3) is 0.471. The summed E-state index contributed by atoms with van der Waals surface area (Å²) in [5, 5.41) is 10.1. The van der Waals surface area contributed by atoms with Gasteiger partial charge in [0.05, 0.1) is 18.1 Å². The van der Waals surface area contributed by atoms with Gasteiger partial charge in [0.25, 0.3) is 0 Å². The second-order valence-electron chi connectivity index (χ2n) is 5.84. The Morgan fingerprint density at radius 1 is 1.39 bits per heavy atom. The van der Waals surface area contributed by atoms with E-state index >= 15 is 0 Å². The Hall–Kier alpha value is -2.21. The van der Waals surface area contributed by atoms with Gasteiger partial charge in [-0.1, -0.05) is 0 Å². The molecule has 0 saturated heterocycles. The third-order valence-corrected chi connectivity index (χ3v) is 4.34. The summed E-state index contributed by atoms with van der Waals surface area (Å²) in [6.45, 7) is 1.93. The van der Waals surface area contributed by atoms with Gasteiger partial charge < -0.3 is 14.4 Å². The van der Waals surface area contributed by atoms with Gasteiger partial charge in [-0.2, -0.15) is 0 Å². The van der Waals surface area contributed by atoms with Crippen molar-refractivity contribution >= 4 is 17.0 Å². The van der Waals surface area contributed by atoms with Gasteiger partial charge in [-0.05, 0) is 44.7 Å². The van der Waals surface area contributed by atoms with Gasteiger partial charge in [0, 0.05) is 18.4 Å². The van der Waals surface area contributed by atoms with E-state index in [2.05, 4.69) is 4.98 Å². The molecule has 0 aromatic carbocycles. The molecule has 2 aromatic heterocycles. The van der Waals surface area contributed by atoms with Crippen LogP contribution in [0.1, 0.15) is 49.0 Å². The zero-order chi connectivity index (χ0) is 16.4. The Labute approximate surface area is 133 Å². The first-order valence-corrected chi connectivity index (χ1v) is 7.97. The highest BCUT2D eigenvalue weighted by Crippen LogP contribution is 2.30. The number of hydrogen-bond donors (Lipinski definition) is 1. The summed E-state index contributed by atoms with van der Waals surface area (Å²) < 4.78 is 6.90. The fourth-order valence-corrected chi connectivity index (χ4v) is 3.15. The number of aromatic nitrogens is 2. The number of fused-ring (bicyclic) bond motifs is 1. The highest BCUT2D eigenvalue weighted by atomic mass is 16.5.